The molecular formula is C22H41O5P2+. The van der Waals surface area contributed by atoms with Gasteiger partial charge >= 0.3 is 15.4 Å². The van der Waals surface area contributed by atoms with E-state index in [-0.39, 0.29) is 12.8 Å². The molecule has 168 valence electrons. The highest BCUT2D eigenvalue weighted by atomic mass is 31.2. The molecule has 0 heterocycles. The van der Waals surface area contributed by atoms with Gasteiger partial charge in [-0.3, -0.25) is 4.57 Å². The first-order chi connectivity index (χ1) is 13.6. The Labute approximate surface area is 178 Å². The smallest absolute Gasteiger partial charge is 0.338 e. The van der Waals surface area contributed by atoms with Crippen molar-refractivity contribution in [3.8, 4) is 0 Å². The van der Waals surface area contributed by atoms with E-state index in [2.05, 4.69) is 45.9 Å². The van der Waals surface area contributed by atoms with Gasteiger partial charge in [0.1, 0.15) is 0 Å². The number of ether oxygens (including phenoxy) is 1. The van der Waals surface area contributed by atoms with Gasteiger partial charge in [-0.15, -0.1) is 0 Å². The number of hydrogen-bond acceptors (Lipinski definition) is 3. The van der Waals surface area contributed by atoms with Crippen molar-refractivity contribution in [2.75, 3.05) is 13.0 Å². The standard InChI is InChI=1S/C22H40O5P2/c1-6-27-18-28(23)22(29(24,25)26)17-9-7-8-13-20(4)15-11-16-21(5)14-10-12-19(2)3/h12-13,16,22H,6-11,14-15,17-18H2,1-5H3,(H-,24,25,26)/p+1. The van der Waals surface area contributed by atoms with E-state index in [9.17, 15) is 18.9 Å². The molecule has 29 heavy (non-hydrogen) atoms. The number of hydrogen-bond donors (Lipinski definition) is 2. The van der Waals surface area contributed by atoms with Crippen molar-refractivity contribution in [1.82, 2.24) is 0 Å². The summed E-state index contributed by atoms with van der Waals surface area (Å²) in [7, 11) is -6.42. The molecule has 2 N–H and O–H groups in total. The van der Waals surface area contributed by atoms with Crippen LogP contribution in [0.25, 0.3) is 0 Å². The molecule has 0 aromatic rings. The van der Waals surface area contributed by atoms with Gasteiger partial charge < -0.3 is 14.5 Å². The second-order valence-corrected chi connectivity index (χ2v) is 11.8. The maximum atomic E-state index is 12.1. The Bertz CT molecular complexity index is 613. The Kier molecular flexibility index (Phi) is 15.8. The van der Waals surface area contributed by atoms with Crippen LogP contribution >= 0.6 is 15.4 Å². The van der Waals surface area contributed by atoms with E-state index in [0.29, 0.717) is 13.0 Å². The van der Waals surface area contributed by atoms with Gasteiger partial charge in [0, 0.05) is 13.0 Å². The van der Waals surface area contributed by atoms with Gasteiger partial charge in [0.2, 0.25) is 6.35 Å². The van der Waals surface area contributed by atoms with Gasteiger partial charge in [0.05, 0.1) is 0 Å². The third kappa shape index (κ3) is 15.9. The average molecular weight is 448 g/mol. The highest BCUT2D eigenvalue weighted by Gasteiger charge is 2.44. The van der Waals surface area contributed by atoms with E-state index in [4.69, 9.17) is 4.74 Å². The van der Waals surface area contributed by atoms with E-state index in [1.54, 1.807) is 6.92 Å². The van der Waals surface area contributed by atoms with Crippen LogP contribution in [-0.4, -0.2) is 28.1 Å². The summed E-state index contributed by atoms with van der Waals surface area (Å²) in [6.07, 6.45) is 13.6. The Morgan fingerprint density at radius 3 is 2.03 bits per heavy atom. The van der Waals surface area contributed by atoms with E-state index in [0.717, 1.165) is 38.5 Å². The number of unbranched alkanes of at least 4 members (excludes halogenated alkanes) is 2. The maximum absolute atomic E-state index is 12.1. The second-order valence-electron chi connectivity index (χ2n) is 7.85. The Morgan fingerprint density at radius 1 is 0.966 bits per heavy atom. The van der Waals surface area contributed by atoms with Gasteiger partial charge in [0.15, 0.2) is 0 Å². The lowest BCUT2D eigenvalue weighted by atomic mass is 10.1. The summed E-state index contributed by atoms with van der Waals surface area (Å²) in [5.74, 6) is 0. The minimum atomic E-state index is -4.37. The zero-order valence-electron chi connectivity index (χ0n) is 18.9. The van der Waals surface area contributed by atoms with Gasteiger partial charge in [-0.05, 0) is 79.6 Å². The number of allylic oxidation sites excluding steroid dienone is 6. The fraction of sp³-hybridized carbons (Fsp3) is 0.727. The van der Waals surface area contributed by atoms with Crippen LogP contribution in [0.15, 0.2) is 34.9 Å². The normalized spacial score (nSPS) is 14.7. The molecule has 0 aliphatic carbocycles. The quantitative estimate of drug-likeness (QED) is 0.147. The van der Waals surface area contributed by atoms with Crippen LogP contribution in [0.5, 0.6) is 0 Å². The highest BCUT2D eigenvalue weighted by molar-refractivity contribution is 7.67. The predicted molar refractivity (Wildman–Crippen MR) is 124 cm³/mol. The summed E-state index contributed by atoms with van der Waals surface area (Å²) < 4.78 is 28.8. The molecule has 2 atom stereocenters. The van der Waals surface area contributed by atoms with Gasteiger partial charge in [-0.25, -0.2) is 0 Å². The Hall–Kier alpha value is -0.570. The Balaban J connectivity index is 4.22. The van der Waals surface area contributed by atoms with Crippen molar-refractivity contribution in [3.05, 3.63) is 34.9 Å². The minimum absolute atomic E-state index is 0.0815. The minimum Gasteiger partial charge on any atom is -0.338 e. The summed E-state index contributed by atoms with van der Waals surface area (Å²) in [6.45, 7) is 10.7. The molecule has 0 saturated heterocycles. The Morgan fingerprint density at radius 2 is 1.52 bits per heavy atom. The van der Waals surface area contributed by atoms with Crippen molar-refractivity contribution in [2.45, 2.75) is 91.4 Å². The first-order valence-electron chi connectivity index (χ1n) is 10.6. The summed E-state index contributed by atoms with van der Waals surface area (Å²) in [5, 5.41) is -1.09. The molecule has 5 nitrogen and oxygen atoms in total. The summed E-state index contributed by atoms with van der Waals surface area (Å²) in [4.78, 5) is 18.9. The van der Waals surface area contributed by atoms with E-state index >= 15 is 0 Å². The fourth-order valence-electron chi connectivity index (χ4n) is 2.91. The van der Waals surface area contributed by atoms with Crippen LogP contribution in [0, 0.1) is 0 Å². The SMILES string of the molecule is CCOC[P+](=O)C(CCCCC=C(C)CCC=C(C)CCC=C(C)C)P(=O)(O)O. The van der Waals surface area contributed by atoms with Crippen molar-refractivity contribution in [2.24, 2.45) is 0 Å². The van der Waals surface area contributed by atoms with Crippen LogP contribution in [0.4, 0.5) is 0 Å². The molecule has 0 aliphatic rings. The van der Waals surface area contributed by atoms with Gasteiger partial charge in [-0.2, -0.15) is 0 Å². The van der Waals surface area contributed by atoms with E-state index in [1.165, 1.54) is 16.7 Å². The molecule has 2 unspecified atom stereocenters. The fourth-order valence-corrected chi connectivity index (χ4v) is 5.97. The lowest BCUT2D eigenvalue weighted by molar-refractivity contribution is 0.193. The van der Waals surface area contributed by atoms with Crippen LogP contribution < -0.4 is 0 Å². The molecule has 0 saturated carbocycles. The predicted octanol–water partition coefficient (Wildman–Crippen LogP) is 7.29. The maximum Gasteiger partial charge on any atom is 0.382 e. The first kappa shape index (κ1) is 28.4. The summed E-state index contributed by atoms with van der Waals surface area (Å²) in [5.41, 5.74) is 4.14. The van der Waals surface area contributed by atoms with Crippen molar-refractivity contribution >= 4 is 15.4 Å². The highest BCUT2D eigenvalue weighted by Crippen LogP contribution is 2.55. The van der Waals surface area contributed by atoms with Gasteiger partial charge in [0.25, 0.3) is 5.40 Å². The van der Waals surface area contributed by atoms with E-state index in [1.807, 2.05) is 0 Å². The van der Waals surface area contributed by atoms with Crippen molar-refractivity contribution in [1.29, 1.82) is 0 Å². The molecule has 0 aromatic heterocycles. The first-order valence-corrected chi connectivity index (χ1v) is 13.8. The zero-order valence-corrected chi connectivity index (χ0v) is 20.7. The molecule has 0 fully saturated rings. The third-order valence-electron chi connectivity index (χ3n) is 4.68. The van der Waals surface area contributed by atoms with Crippen molar-refractivity contribution in [3.63, 3.8) is 0 Å². The van der Waals surface area contributed by atoms with Crippen LogP contribution in [0.3, 0.4) is 0 Å². The second kappa shape index (κ2) is 16.2. The summed E-state index contributed by atoms with van der Waals surface area (Å²) >= 11 is 0. The third-order valence-corrected chi connectivity index (χ3v) is 8.75. The lowest BCUT2D eigenvalue weighted by Gasteiger charge is -2.09. The molecular weight excluding hydrogens is 406 g/mol. The van der Waals surface area contributed by atoms with Crippen molar-refractivity contribution < 1.29 is 23.7 Å². The average Bonchev–Trinajstić information content (AvgIpc) is 2.61. The molecule has 0 amide bonds. The van der Waals surface area contributed by atoms with Crippen LogP contribution in [-0.2, 0) is 13.9 Å². The largest absolute Gasteiger partial charge is 0.382 e. The molecule has 0 bridgehead atoms. The molecule has 0 aliphatic heterocycles. The molecule has 0 spiro atoms. The molecule has 0 radical (unpaired) electrons. The topological polar surface area (TPSA) is 83.8 Å². The van der Waals surface area contributed by atoms with Crippen LogP contribution in [0.2, 0.25) is 0 Å². The lowest BCUT2D eigenvalue weighted by Crippen LogP contribution is -2.06. The zero-order chi connectivity index (χ0) is 22.3. The van der Waals surface area contributed by atoms with Gasteiger partial charge in [-0.1, -0.05) is 39.5 Å². The van der Waals surface area contributed by atoms with Crippen LogP contribution in [0.1, 0.15) is 86.0 Å². The summed E-state index contributed by atoms with van der Waals surface area (Å²) in [6, 6.07) is 0. The molecule has 0 rings (SSSR count). The molecule has 7 heteroatoms. The molecule has 0 aromatic carbocycles. The monoisotopic (exact) mass is 447 g/mol. The number of rotatable bonds is 16. The van der Waals surface area contributed by atoms with E-state index < -0.39 is 20.8 Å².